The molecule has 2 heterocycles. The monoisotopic (exact) mass is 1380 g/mol. The van der Waals surface area contributed by atoms with E-state index in [-0.39, 0.29) is 19.3 Å². The van der Waals surface area contributed by atoms with Gasteiger partial charge in [0.25, 0.3) is 0 Å². The molecule has 1 aliphatic carbocycles. The molecule has 0 amide bonds. The first-order valence-electron chi connectivity index (χ1n) is 36.6. The van der Waals surface area contributed by atoms with Gasteiger partial charge in [-0.2, -0.15) is 0 Å². The Morgan fingerprint density at radius 3 is 1.15 bits per heavy atom. The Labute approximate surface area is 566 Å². The number of aliphatic hydroxyl groups is 10. The van der Waals surface area contributed by atoms with Gasteiger partial charge in [0.15, 0.2) is 18.7 Å². The highest BCUT2D eigenvalue weighted by Gasteiger charge is 2.58. The lowest BCUT2D eigenvalue weighted by Crippen LogP contribution is -2.69. The summed E-state index contributed by atoms with van der Waals surface area (Å²) in [5.41, 5.74) is 0. The summed E-state index contributed by atoms with van der Waals surface area (Å²) in [6.07, 6.45) is 11.2. The molecule has 24 nitrogen and oxygen atoms in total. The van der Waals surface area contributed by atoms with Crippen molar-refractivity contribution in [1.29, 1.82) is 0 Å². The number of allylic oxidation sites excluding steroid dienone is 4. The fourth-order valence-electron chi connectivity index (χ4n) is 11.9. The summed E-state index contributed by atoms with van der Waals surface area (Å²) < 4.78 is 64.9. The first-order valence-corrected chi connectivity index (χ1v) is 38.1. The maximum Gasteiger partial charge on any atom is 0.472 e. The molecule has 0 spiro atoms. The van der Waals surface area contributed by atoms with E-state index >= 15 is 0 Å². The van der Waals surface area contributed by atoms with E-state index in [4.69, 9.17) is 42.2 Å². The molecular weight excluding hydrogens is 1260 g/mol. The normalized spacial score (nSPS) is 28.2. The molecule has 0 aromatic heterocycles. The van der Waals surface area contributed by atoms with E-state index in [1.165, 1.54) is 116 Å². The summed E-state index contributed by atoms with van der Waals surface area (Å²) >= 11 is 0. The molecule has 3 aliphatic rings. The third kappa shape index (κ3) is 36.1. The number of carbonyl (C=O) groups is 3. The van der Waals surface area contributed by atoms with Gasteiger partial charge in [-0.25, -0.2) is 4.57 Å². The van der Waals surface area contributed by atoms with E-state index in [9.17, 15) is 74.9 Å². The van der Waals surface area contributed by atoms with Crippen molar-refractivity contribution in [3.63, 3.8) is 0 Å². The maximum absolute atomic E-state index is 14.3. The predicted molar refractivity (Wildman–Crippen MR) is 356 cm³/mol. The average molecular weight is 1380 g/mol. The predicted octanol–water partition coefficient (Wildman–Crippen LogP) is 9.35. The van der Waals surface area contributed by atoms with Gasteiger partial charge >= 0.3 is 25.7 Å². The maximum atomic E-state index is 14.3. The number of esters is 3. The van der Waals surface area contributed by atoms with Crippen LogP contribution in [0.1, 0.15) is 271 Å². The molecule has 11 N–H and O–H groups in total. The zero-order valence-corrected chi connectivity index (χ0v) is 58.6. The first kappa shape index (κ1) is 86.7. The fraction of sp³-hybridized carbons (Fsp3) is 0.900. The molecule has 18 atom stereocenters. The van der Waals surface area contributed by atoms with Gasteiger partial charge in [-0.15, -0.1) is 0 Å². The van der Waals surface area contributed by atoms with Crippen LogP contribution in [0.2, 0.25) is 0 Å². The molecule has 1 saturated carbocycles. The van der Waals surface area contributed by atoms with Gasteiger partial charge in [-0.1, -0.05) is 206 Å². The van der Waals surface area contributed by atoms with Crippen LogP contribution < -0.4 is 0 Å². The van der Waals surface area contributed by atoms with E-state index in [1.54, 1.807) is 0 Å². The number of phosphoric ester groups is 1. The van der Waals surface area contributed by atoms with Crippen LogP contribution in [-0.4, -0.2) is 204 Å². The van der Waals surface area contributed by atoms with E-state index in [0.717, 1.165) is 89.9 Å². The lowest BCUT2D eigenvalue weighted by Gasteiger charge is -2.49. The molecule has 3 fully saturated rings. The standard InChI is InChI=1S/C70H127O24P/c1-4-7-10-13-16-19-22-25-28-30-32-35-38-41-44-54(72)86-48-51(89-56(74)46-43-40-37-34-31-27-24-21-18-15-12-9-6-3)49-88-95(84,85)94-68-66(92-69-64(82)59(77)57(75)52(47-71)90-69)62(80)61(79)63(81)67(68)93-70-65(83)60(78)58(76)53(91-70)50-87-55(73)45-42-39-36-33-29-26-23-20-17-14-11-8-5-2/h26-27,29,31,51-53,57-71,75-83H,4-25,28,30,32-50H2,1-3H3,(H,84,85)/b29-26-,31-27-. The molecule has 0 radical (unpaired) electrons. The third-order valence-corrected chi connectivity index (χ3v) is 18.9. The molecular formula is C70H127O24P. The Morgan fingerprint density at radius 1 is 0.400 bits per heavy atom. The minimum Gasteiger partial charge on any atom is -0.463 e. The number of carbonyl (C=O) groups excluding carboxylic acids is 3. The van der Waals surface area contributed by atoms with Crippen molar-refractivity contribution in [3.05, 3.63) is 24.3 Å². The number of aliphatic hydroxyl groups excluding tert-OH is 10. The summed E-state index contributed by atoms with van der Waals surface area (Å²) in [6.45, 7) is 3.39. The molecule has 3 rings (SSSR count). The van der Waals surface area contributed by atoms with Crippen LogP contribution in [0, 0.1) is 0 Å². The smallest absolute Gasteiger partial charge is 0.463 e. The molecule has 18 unspecified atom stereocenters. The summed E-state index contributed by atoms with van der Waals surface area (Å²) in [4.78, 5) is 50.9. The lowest BCUT2D eigenvalue weighted by molar-refractivity contribution is -0.360. The Hall–Kier alpha value is -2.56. The highest BCUT2D eigenvalue weighted by atomic mass is 31.2. The van der Waals surface area contributed by atoms with Gasteiger partial charge < -0.3 is 89.1 Å². The van der Waals surface area contributed by atoms with Crippen molar-refractivity contribution >= 4 is 25.7 Å². The SMILES string of the molecule is CCCCCCCC/C=C\CCCCCC(=O)OCC1OC(OC2C(O)C(O)C(O)C(OC3OC(CO)C(O)C(O)C3O)C2OP(=O)(O)OCC(COC(=O)CCCCCCCCCCCCCCCC)OC(=O)CCCCC/C=C\CCCCCCCC)C(O)C(O)C1O. The number of hydrogen-bond acceptors (Lipinski definition) is 23. The molecule has 0 aromatic carbocycles. The highest BCUT2D eigenvalue weighted by molar-refractivity contribution is 7.47. The van der Waals surface area contributed by atoms with Crippen LogP contribution in [0.5, 0.6) is 0 Å². The van der Waals surface area contributed by atoms with E-state index < -0.39 is 156 Å². The third-order valence-electron chi connectivity index (χ3n) is 18.0. The lowest BCUT2D eigenvalue weighted by atomic mass is 9.84. The molecule has 2 aliphatic heterocycles. The Morgan fingerprint density at radius 2 is 0.737 bits per heavy atom. The largest absolute Gasteiger partial charge is 0.472 e. The zero-order valence-electron chi connectivity index (χ0n) is 57.7. The molecule has 25 heteroatoms. The van der Waals surface area contributed by atoms with Crippen LogP contribution in [-0.2, 0) is 61.2 Å². The van der Waals surface area contributed by atoms with E-state index in [0.29, 0.717) is 25.7 Å². The van der Waals surface area contributed by atoms with E-state index in [1.807, 2.05) is 0 Å². The number of unbranched alkanes of at least 4 members (excludes halogenated alkanes) is 31. The quantitative estimate of drug-likeness (QED) is 0.00887. The van der Waals surface area contributed by atoms with Crippen molar-refractivity contribution in [2.45, 2.75) is 375 Å². The molecule has 0 aromatic rings. The number of phosphoric acid groups is 1. The van der Waals surface area contributed by atoms with Crippen LogP contribution in [0.15, 0.2) is 24.3 Å². The summed E-state index contributed by atoms with van der Waals surface area (Å²) in [5.74, 6) is -2.02. The van der Waals surface area contributed by atoms with Crippen LogP contribution in [0.3, 0.4) is 0 Å². The van der Waals surface area contributed by atoms with Crippen molar-refractivity contribution in [2.75, 3.05) is 26.4 Å². The van der Waals surface area contributed by atoms with Gasteiger partial charge in [0.1, 0.15) is 98.7 Å². The minimum absolute atomic E-state index is 0.00753. The second kappa shape index (κ2) is 52.4. The Kier molecular flexibility index (Phi) is 47.8. The molecule has 556 valence electrons. The number of hydrogen-bond donors (Lipinski definition) is 11. The average Bonchev–Trinajstić information content (AvgIpc) is 0.764. The van der Waals surface area contributed by atoms with Gasteiger partial charge in [0.05, 0.1) is 13.2 Å². The summed E-state index contributed by atoms with van der Waals surface area (Å²) in [6, 6.07) is 0. The Bertz CT molecular complexity index is 2070. The first-order chi connectivity index (χ1) is 45.8. The summed E-state index contributed by atoms with van der Waals surface area (Å²) in [7, 11) is -5.70. The minimum atomic E-state index is -5.70. The van der Waals surface area contributed by atoms with Gasteiger partial charge in [-0.05, 0) is 70.6 Å². The number of ether oxygens (including phenoxy) is 7. The summed E-state index contributed by atoms with van der Waals surface area (Å²) in [5, 5.41) is 110. The topological polar surface area (TPSA) is 374 Å². The van der Waals surface area contributed by atoms with Crippen molar-refractivity contribution in [2.24, 2.45) is 0 Å². The molecule has 95 heavy (non-hydrogen) atoms. The second-order valence-electron chi connectivity index (χ2n) is 26.3. The fourth-order valence-corrected chi connectivity index (χ4v) is 12.9. The van der Waals surface area contributed by atoms with Gasteiger partial charge in [0.2, 0.25) is 0 Å². The number of rotatable bonds is 56. The van der Waals surface area contributed by atoms with Crippen LogP contribution >= 0.6 is 7.82 Å². The van der Waals surface area contributed by atoms with E-state index in [2.05, 4.69) is 45.1 Å². The second-order valence-corrected chi connectivity index (χ2v) is 27.7. The zero-order chi connectivity index (χ0) is 69.6. The van der Waals surface area contributed by atoms with Crippen molar-refractivity contribution < 1.29 is 117 Å². The molecule has 0 bridgehead atoms. The van der Waals surface area contributed by atoms with Gasteiger partial charge in [0, 0.05) is 19.3 Å². The molecule has 2 saturated heterocycles. The van der Waals surface area contributed by atoms with Crippen LogP contribution in [0.4, 0.5) is 0 Å². The van der Waals surface area contributed by atoms with Gasteiger partial charge in [-0.3, -0.25) is 23.4 Å². The van der Waals surface area contributed by atoms with Crippen molar-refractivity contribution in [1.82, 2.24) is 0 Å². The van der Waals surface area contributed by atoms with Crippen molar-refractivity contribution in [3.8, 4) is 0 Å². The van der Waals surface area contributed by atoms with Crippen LogP contribution in [0.25, 0.3) is 0 Å². The Balaban J connectivity index is 1.76. The highest BCUT2D eigenvalue weighted by Crippen LogP contribution is 2.49.